The predicted molar refractivity (Wildman–Crippen MR) is 130 cm³/mol. The monoisotopic (exact) mass is 500 g/mol. The van der Waals surface area contributed by atoms with Crippen LogP contribution in [-0.4, -0.2) is 52.4 Å². The quantitative estimate of drug-likeness (QED) is 0.138. The molecule has 34 heavy (non-hydrogen) atoms. The number of methoxy groups -OCH3 is 1. The molecule has 9 nitrogen and oxygen atoms in total. The van der Waals surface area contributed by atoms with Crippen LogP contribution in [-0.2, 0) is 9.53 Å². The summed E-state index contributed by atoms with van der Waals surface area (Å²) in [5, 5.41) is 10.8. The van der Waals surface area contributed by atoms with E-state index in [-0.39, 0.29) is 29.0 Å². The molecule has 176 valence electrons. The van der Waals surface area contributed by atoms with Crippen LogP contribution in [0.3, 0.4) is 0 Å². The second kappa shape index (κ2) is 10.3. The van der Waals surface area contributed by atoms with Gasteiger partial charge in [-0.05, 0) is 48.7 Å². The molecule has 2 heterocycles. The summed E-state index contributed by atoms with van der Waals surface area (Å²) >= 11 is 6.61. The maximum atomic E-state index is 12.8. The maximum Gasteiger partial charge on any atom is 0.343 e. The Morgan fingerprint density at radius 1 is 1.29 bits per heavy atom. The van der Waals surface area contributed by atoms with Gasteiger partial charge in [-0.2, -0.15) is 0 Å². The zero-order chi connectivity index (χ0) is 24.2. The third kappa shape index (κ3) is 5.27. The first-order chi connectivity index (χ1) is 16.4. The van der Waals surface area contributed by atoms with Crippen molar-refractivity contribution in [1.82, 2.24) is 4.90 Å². The van der Waals surface area contributed by atoms with Crippen molar-refractivity contribution in [2.75, 3.05) is 20.3 Å². The van der Waals surface area contributed by atoms with Crippen molar-refractivity contribution in [3.63, 3.8) is 0 Å². The van der Waals surface area contributed by atoms with E-state index in [0.717, 1.165) is 12.8 Å². The molecule has 0 unspecified atom stereocenters. The molecule has 0 saturated carbocycles. The molecule has 2 aromatic rings. The number of nitro benzene ring substituents is 1. The fraction of sp³-hybridized carbons (Fsp3) is 0.261. The molecule has 0 radical (unpaired) electrons. The second-order valence-electron chi connectivity index (χ2n) is 7.53. The molecule has 2 aliphatic rings. The SMILES string of the molecule is COc1cc(/C=C2\SC(=S)N(C[C@H]3CCCO3)C2=O)ccc1OC(=O)c1ccc([N+](=O)[O-])cc1. The van der Waals surface area contributed by atoms with E-state index in [9.17, 15) is 19.7 Å². The third-order valence-corrected chi connectivity index (χ3v) is 6.66. The highest BCUT2D eigenvalue weighted by atomic mass is 32.2. The first-order valence-electron chi connectivity index (χ1n) is 10.4. The Morgan fingerprint density at radius 2 is 2.06 bits per heavy atom. The highest BCUT2D eigenvalue weighted by Crippen LogP contribution is 2.35. The molecule has 2 fully saturated rings. The van der Waals surface area contributed by atoms with Gasteiger partial charge in [0.15, 0.2) is 11.5 Å². The van der Waals surface area contributed by atoms with Crippen molar-refractivity contribution in [2.45, 2.75) is 18.9 Å². The molecule has 1 atom stereocenters. The van der Waals surface area contributed by atoms with Crippen LogP contribution >= 0.6 is 24.0 Å². The Morgan fingerprint density at radius 3 is 2.71 bits per heavy atom. The first-order valence-corrected chi connectivity index (χ1v) is 11.6. The highest BCUT2D eigenvalue weighted by molar-refractivity contribution is 8.26. The Bertz CT molecular complexity index is 1170. The van der Waals surface area contributed by atoms with E-state index in [0.29, 0.717) is 33.7 Å². The van der Waals surface area contributed by atoms with Crippen molar-refractivity contribution < 1.29 is 28.7 Å². The standard InChI is InChI=1S/C23H20N2O7S2/c1-30-19-11-14(12-20-21(26)24(23(33)34-20)13-17-3-2-10-31-17)4-9-18(19)32-22(27)15-5-7-16(8-6-15)25(28)29/h4-9,11-12,17H,2-3,10,13H2,1H3/b20-12-/t17-/m1/s1. The van der Waals surface area contributed by atoms with Crippen LogP contribution in [0.2, 0.25) is 0 Å². The van der Waals surface area contributed by atoms with E-state index in [1.165, 1.54) is 43.1 Å². The molecule has 0 spiro atoms. The highest BCUT2D eigenvalue weighted by Gasteiger charge is 2.34. The molecule has 0 aromatic heterocycles. The number of hydrogen-bond donors (Lipinski definition) is 0. The molecule has 11 heteroatoms. The van der Waals surface area contributed by atoms with Gasteiger partial charge in [0.05, 0.1) is 35.2 Å². The zero-order valence-corrected chi connectivity index (χ0v) is 19.7. The summed E-state index contributed by atoms with van der Waals surface area (Å²) in [4.78, 5) is 37.6. The number of esters is 1. The molecule has 1 amide bonds. The van der Waals surface area contributed by atoms with E-state index in [1.54, 1.807) is 29.2 Å². The summed E-state index contributed by atoms with van der Waals surface area (Å²) < 4.78 is 16.9. The third-order valence-electron chi connectivity index (χ3n) is 5.29. The van der Waals surface area contributed by atoms with Crippen LogP contribution in [0.15, 0.2) is 47.4 Å². The van der Waals surface area contributed by atoms with E-state index >= 15 is 0 Å². The summed E-state index contributed by atoms with van der Waals surface area (Å²) in [5.74, 6) is -0.387. The lowest BCUT2D eigenvalue weighted by atomic mass is 10.1. The number of nitrogens with zero attached hydrogens (tertiary/aromatic N) is 2. The molecule has 0 N–H and O–H groups in total. The number of ether oxygens (including phenoxy) is 3. The van der Waals surface area contributed by atoms with Crippen LogP contribution in [0, 0.1) is 10.1 Å². The molecule has 2 aliphatic heterocycles. The van der Waals surface area contributed by atoms with Gasteiger partial charge in [-0.15, -0.1) is 0 Å². The van der Waals surface area contributed by atoms with Gasteiger partial charge in [0.1, 0.15) is 4.32 Å². The number of hydrogen-bond acceptors (Lipinski definition) is 9. The number of non-ortho nitro benzene ring substituents is 1. The van der Waals surface area contributed by atoms with Crippen LogP contribution < -0.4 is 9.47 Å². The normalized spacial score (nSPS) is 19.0. The Labute approximate surface area is 204 Å². The summed E-state index contributed by atoms with van der Waals surface area (Å²) in [6, 6.07) is 9.98. The minimum Gasteiger partial charge on any atom is -0.493 e. The minimum absolute atomic E-state index is 0.00617. The van der Waals surface area contributed by atoms with Crippen molar-refractivity contribution in [3.05, 3.63) is 68.6 Å². The first kappa shape index (κ1) is 23.9. The smallest absolute Gasteiger partial charge is 0.343 e. The number of thioether (sulfide) groups is 1. The largest absolute Gasteiger partial charge is 0.493 e. The number of carbonyl (C=O) groups excluding carboxylic acids is 2. The summed E-state index contributed by atoms with van der Waals surface area (Å²) in [6.07, 6.45) is 3.61. The van der Waals surface area contributed by atoms with E-state index < -0.39 is 10.9 Å². The van der Waals surface area contributed by atoms with Crippen LogP contribution in [0.5, 0.6) is 11.5 Å². The summed E-state index contributed by atoms with van der Waals surface area (Å²) in [7, 11) is 1.43. The van der Waals surface area contributed by atoms with Gasteiger partial charge in [-0.1, -0.05) is 30.0 Å². The molecule has 4 rings (SSSR count). The van der Waals surface area contributed by atoms with Gasteiger partial charge < -0.3 is 14.2 Å². The van der Waals surface area contributed by atoms with Gasteiger partial charge in [-0.25, -0.2) is 4.79 Å². The molecular formula is C23H20N2O7S2. The summed E-state index contributed by atoms with van der Waals surface area (Å²) in [5.41, 5.74) is 0.705. The van der Waals surface area contributed by atoms with Gasteiger partial charge in [0, 0.05) is 18.7 Å². The van der Waals surface area contributed by atoms with Crippen LogP contribution in [0.4, 0.5) is 5.69 Å². The number of amides is 1. The number of rotatable bonds is 7. The number of benzene rings is 2. The van der Waals surface area contributed by atoms with Crippen molar-refractivity contribution in [3.8, 4) is 11.5 Å². The minimum atomic E-state index is -0.684. The number of nitro groups is 1. The lowest BCUT2D eigenvalue weighted by Crippen LogP contribution is -2.35. The predicted octanol–water partition coefficient (Wildman–Crippen LogP) is 4.20. The molecule has 2 saturated heterocycles. The average molecular weight is 501 g/mol. The zero-order valence-electron chi connectivity index (χ0n) is 18.1. The lowest BCUT2D eigenvalue weighted by molar-refractivity contribution is -0.384. The second-order valence-corrected chi connectivity index (χ2v) is 9.21. The Kier molecular flexibility index (Phi) is 7.25. The van der Waals surface area contributed by atoms with Gasteiger partial charge in [0.2, 0.25) is 0 Å². The van der Waals surface area contributed by atoms with E-state index in [1.807, 2.05) is 0 Å². The fourth-order valence-electron chi connectivity index (χ4n) is 3.54. The Hall–Kier alpha value is -3.28. The van der Waals surface area contributed by atoms with Crippen LogP contribution in [0.1, 0.15) is 28.8 Å². The molecular weight excluding hydrogens is 480 g/mol. The van der Waals surface area contributed by atoms with Crippen LogP contribution in [0.25, 0.3) is 6.08 Å². The van der Waals surface area contributed by atoms with Gasteiger partial charge in [0.25, 0.3) is 11.6 Å². The summed E-state index contributed by atoms with van der Waals surface area (Å²) in [6.45, 7) is 1.15. The number of thiocarbonyl (C=S) groups is 1. The van der Waals surface area contributed by atoms with Gasteiger partial charge in [-0.3, -0.25) is 19.8 Å². The fourth-order valence-corrected chi connectivity index (χ4v) is 4.81. The van der Waals surface area contributed by atoms with Crippen molar-refractivity contribution >= 4 is 51.9 Å². The molecule has 2 aromatic carbocycles. The molecule has 0 aliphatic carbocycles. The Balaban J connectivity index is 1.48. The van der Waals surface area contributed by atoms with Gasteiger partial charge >= 0.3 is 5.97 Å². The van der Waals surface area contributed by atoms with Crippen molar-refractivity contribution in [2.24, 2.45) is 0 Å². The van der Waals surface area contributed by atoms with Crippen molar-refractivity contribution in [1.29, 1.82) is 0 Å². The number of carbonyl (C=O) groups is 2. The lowest BCUT2D eigenvalue weighted by Gasteiger charge is -2.18. The maximum absolute atomic E-state index is 12.8. The van der Waals surface area contributed by atoms with E-state index in [4.69, 9.17) is 26.4 Å². The molecule has 0 bridgehead atoms. The van der Waals surface area contributed by atoms with E-state index in [2.05, 4.69) is 0 Å². The average Bonchev–Trinajstić information content (AvgIpc) is 3.44. The topological polar surface area (TPSA) is 108 Å².